The lowest BCUT2D eigenvalue weighted by molar-refractivity contribution is 0.0878. The van der Waals surface area contributed by atoms with Gasteiger partial charge in [-0.1, -0.05) is 12.1 Å². The number of nitrogens with one attached hydrogen (secondary N) is 1. The molecule has 0 spiro atoms. The predicted molar refractivity (Wildman–Crippen MR) is 105 cm³/mol. The van der Waals surface area contributed by atoms with Crippen LogP contribution in [0.15, 0.2) is 29.1 Å². The molecule has 27 heavy (non-hydrogen) atoms. The molecule has 1 aromatic carbocycles. The molecule has 6 heteroatoms. The molecular formula is C21H27N3O3. The number of piperidine rings is 1. The van der Waals surface area contributed by atoms with Crippen molar-refractivity contribution in [2.24, 2.45) is 0 Å². The molecule has 2 bridgehead atoms. The van der Waals surface area contributed by atoms with Crippen LogP contribution in [0.2, 0.25) is 0 Å². The minimum absolute atomic E-state index is 0.0453. The number of hydrogen-bond acceptors (Lipinski definition) is 4. The van der Waals surface area contributed by atoms with Gasteiger partial charge in [0.25, 0.3) is 11.5 Å². The molecule has 0 aliphatic carbocycles. The summed E-state index contributed by atoms with van der Waals surface area (Å²) in [5.74, 6) is -0.687. The van der Waals surface area contributed by atoms with Gasteiger partial charge >= 0.3 is 0 Å². The third-order valence-electron chi connectivity index (χ3n) is 6.27. The summed E-state index contributed by atoms with van der Waals surface area (Å²) in [4.78, 5) is 28.5. The van der Waals surface area contributed by atoms with Gasteiger partial charge in [-0.2, -0.15) is 0 Å². The molecule has 144 valence electrons. The van der Waals surface area contributed by atoms with E-state index in [-0.39, 0.29) is 23.4 Å². The summed E-state index contributed by atoms with van der Waals surface area (Å²) in [6.07, 6.45) is 4.11. The van der Waals surface area contributed by atoms with Gasteiger partial charge in [0.05, 0.1) is 5.52 Å². The molecule has 2 saturated heterocycles. The van der Waals surface area contributed by atoms with Crippen molar-refractivity contribution in [2.75, 3.05) is 7.05 Å². The number of aromatic nitrogens is 1. The second-order valence-electron chi connectivity index (χ2n) is 8.20. The highest BCUT2D eigenvalue weighted by Gasteiger charge is 2.39. The maximum Gasteiger partial charge on any atom is 0.267 e. The summed E-state index contributed by atoms with van der Waals surface area (Å²) in [5.41, 5.74) is 0.0622. The Labute approximate surface area is 158 Å². The van der Waals surface area contributed by atoms with Crippen LogP contribution in [0.25, 0.3) is 10.9 Å². The van der Waals surface area contributed by atoms with Crippen LogP contribution in [-0.4, -0.2) is 45.7 Å². The molecule has 6 nitrogen and oxygen atoms in total. The predicted octanol–water partition coefficient (Wildman–Crippen LogP) is 2.64. The first-order chi connectivity index (χ1) is 12.9. The molecule has 2 unspecified atom stereocenters. The number of carbonyl (C=O) groups is 1. The fraction of sp³-hybridized carbons (Fsp3) is 0.524. The fourth-order valence-electron chi connectivity index (χ4n) is 4.85. The topological polar surface area (TPSA) is 74.6 Å². The Morgan fingerprint density at radius 3 is 2.44 bits per heavy atom. The first kappa shape index (κ1) is 18.0. The van der Waals surface area contributed by atoms with Gasteiger partial charge in [-0.15, -0.1) is 0 Å². The highest BCUT2D eigenvalue weighted by atomic mass is 16.3. The molecule has 1 aromatic heterocycles. The molecule has 0 saturated carbocycles. The monoisotopic (exact) mass is 369 g/mol. The average molecular weight is 369 g/mol. The van der Waals surface area contributed by atoms with Crippen LogP contribution in [0.3, 0.4) is 0 Å². The molecule has 2 aliphatic rings. The number of fused-ring (bicyclic) bond motifs is 3. The maximum atomic E-state index is 13.1. The van der Waals surface area contributed by atoms with Crippen molar-refractivity contribution in [2.45, 2.75) is 63.7 Å². The van der Waals surface area contributed by atoms with E-state index in [0.717, 1.165) is 25.7 Å². The van der Waals surface area contributed by atoms with Gasteiger partial charge in [0.1, 0.15) is 11.3 Å². The van der Waals surface area contributed by atoms with Crippen molar-refractivity contribution in [1.29, 1.82) is 0 Å². The lowest BCUT2D eigenvalue weighted by Crippen LogP contribution is -2.49. The van der Waals surface area contributed by atoms with Crippen molar-refractivity contribution in [1.82, 2.24) is 14.8 Å². The van der Waals surface area contributed by atoms with Gasteiger partial charge in [-0.05, 0) is 58.7 Å². The number of rotatable bonds is 3. The standard InChI is InChI=1S/C21H27N3O3/c1-12(2)24-17-7-5-4-6-16(17)19(25)18(21(24)27)20(26)22-13-10-14-8-9-15(11-13)23(14)3/h4-7,12-15,25H,8-11H2,1-3H3,(H,22,26). The minimum atomic E-state index is -0.466. The van der Waals surface area contributed by atoms with Gasteiger partial charge in [-0.25, -0.2) is 0 Å². The summed E-state index contributed by atoms with van der Waals surface area (Å²) < 4.78 is 1.59. The Kier molecular flexibility index (Phi) is 4.46. The zero-order valence-corrected chi connectivity index (χ0v) is 16.1. The summed E-state index contributed by atoms with van der Waals surface area (Å²) in [6, 6.07) is 8.08. The first-order valence-corrected chi connectivity index (χ1v) is 9.77. The highest BCUT2D eigenvalue weighted by molar-refractivity contribution is 6.02. The second-order valence-corrected chi connectivity index (χ2v) is 8.20. The second kappa shape index (κ2) is 6.68. The van der Waals surface area contributed by atoms with Crippen molar-refractivity contribution >= 4 is 16.8 Å². The Morgan fingerprint density at radius 1 is 1.19 bits per heavy atom. The van der Waals surface area contributed by atoms with E-state index in [0.29, 0.717) is 23.0 Å². The van der Waals surface area contributed by atoms with Crippen molar-refractivity contribution in [3.63, 3.8) is 0 Å². The first-order valence-electron chi connectivity index (χ1n) is 9.77. The van der Waals surface area contributed by atoms with E-state index < -0.39 is 11.5 Å². The number of pyridine rings is 1. The van der Waals surface area contributed by atoms with Crippen LogP contribution in [0.4, 0.5) is 0 Å². The third-order valence-corrected chi connectivity index (χ3v) is 6.27. The van der Waals surface area contributed by atoms with E-state index in [1.807, 2.05) is 19.9 Å². The van der Waals surface area contributed by atoms with Gasteiger partial charge < -0.3 is 19.9 Å². The number of benzene rings is 1. The number of para-hydroxylation sites is 1. The lowest BCUT2D eigenvalue weighted by Gasteiger charge is -2.36. The summed E-state index contributed by atoms with van der Waals surface area (Å²) >= 11 is 0. The van der Waals surface area contributed by atoms with E-state index in [9.17, 15) is 14.7 Å². The zero-order chi connectivity index (χ0) is 19.3. The highest BCUT2D eigenvalue weighted by Crippen LogP contribution is 2.34. The van der Waals surface area contributed by atoms with Crippen molar-refractivity contribution in [3.05, 3.63) is 40.2 Å². The number of amides is 1. The largest absolute Gasteiger partial charge is 0.506 e. The number of nitrogens with zero attached hydrogens (tertiary/aromatic N) is 2. The van der Waals surface area contributed by atoms with E-state index >= 15 is 0 Å². The maximum absolute atomic E-state index is 13.1. The fourth-order valence-corrected chi connectivity index (χ4v) is 4.85. The quantitative estimate of drug-likeness (QED) is 0.872. The molecule has 1 amide bonds. The molecule has 0 radical (unpaired) electrons. The number of carbonyl (C=O) groups excluding carboxylic acids is 1. The average Bonchev–Trinajstić information content (AvgIpc) is 2.82. The number of aromatic hydroxyl groups is 1. The van der Waals surface area contributed by atoms with Gasteiger partial charge in [0, 0.05) is 29.6 Å². The summed E-state index contributed by atoms with van der Waals surface area (Å²) in [6.45, 7) is 3.81. The molecule has 2 fully saturated rings. The molecule has 2 atom stereocenters. The Hall–Kier alpha value is -2.34. The molecule has 2 aliphatic heterocycles. The van der Waals surface area contributed by atoms with E-state index in [2.05, 4.69) is 17.3 Å². The van der Waals surface area contributed by atoms with Crippen LogP contribution >= 0.6 is 0 Å². The molecule has 3 heterocycles. The minimum Gasteiger partial charge on any atom is -0.506 e. The zero-order valence-electron chi connectivity index (χ0n) is 16.1. The van der Waals surface area contributed by atoms with Gasteiger partial charge in [0.2, 0.25) is 0 Å². The molecule has 4 rings (SSSR count). The van der Waals surface area contributed by atoms with Crippen molar-refractivity contribution < 1.29 is 9.90 Å². The van der Waals surface area contributed by atoms with Crippen LogP contribution in [0.5, 0.6) is 5.75 Å². The Balaban J connectivity index is 1.71. The van der Waals surface area contributed by atoms with Crippen LogP contribution < -0.4 is 10.9 Å². The van der Waals surface area contributed by atoms with E-state index in [4.69, 9.17) is 0 Å². The SMILES string of the molecule is CC(C)n1c(=O)c(C(=O)NC2CC3CCC(C2)N3C)c(O)c2ccccc21. The molecular weight excluding hydrogens is 342 g/mol. The van der Waals surface area contributed by atoms with Gasteiger partial charge in [0.15, 0.2) is 0 Å². The Morgan fingerprint density at radius 2 is 1.81 bits per heavy atom. The van der Waals surface area contributed by atoms with Crippen LogP contribution in [0, 0.1) is 0 Å². The molecule has 2 N–H and O–H groups in total. The summed E-state index contributed by atoms with van der Waals surface area (Å²) in [5, 5.41) is 14.3. The number of hydrogen-bond donors (Lipinski definition) is 2. The van der Waals surface area contributed by atoms with Crippen LogP contribution in [-0.2, 0) is 0 Å². The van der Waals surface area contributed by atoms with Gasteiger partial charge in [-0.3, -0.25) is 9.59 Å². The smallest absolute Gasteiger partial charge is 0.267 e. The van der Waals surface area contributed by atoms with E-state index in [1.165, 1.54) is 0 Å². The third kappa shape index (κ3) is 2.92. The Bertz CT molecular complexity index is 936. The normalized spacial score (nSPS) is 25.3. The lowest BCUT2D eigenvalue weighted by atomic mass is 9.97. The van der Waals surface area contributed by atoms with E-state index in [1.54, 1.807) is 22.8 Å². The van der Waals surface area contributed by atoms with Crippen molar-refractivity contribution in [3.8, 4) is 5.75 Å². The van der Waals surface area contributed by atoms with Crippen LogP contribution in [0.1, 0.15) is 55.9 Å². The summed E-state index contributed by atoms with van der Waals surface area (Å²) in [7, 11) is 2.15. The molecule has 2 aromatic rings.